The van der Waals surface area contributed by atoms with E-state index in [1.165, 1.54) is 10.8 Å². The summed E-state index contributed by atoms with van der Waals surface area (Å²) in [5, 5.41) is 4.68. The Morgan fingerprint density at radius 1 is 0.477 bits per heavy atom. The van der Waals surface area contributed by atoms with Crippen LogP contribution in [-0.4, -0.2) is 9.55 Å². The van der Waals surface area contributed by atoms with Gasteiger partial charge in [0.15, 0.2) is 0 Å². The summed E-state index contributed by atoms with van der Waals surface area (Å²) in [4.78, 5) is 5.00. The molecular weight excluding hydrogens is 536 g/mol. The number of nitrogens with zero attached hydrogens (tertiary/aromatic N) is 2. The first-order chi connectivity index (χ1) is 21.8. The van der Waals surface area contributed by atoms with Crippen molar-refractivity contribution in [2.24, 2.45) is 0 Å². The summed E-state index contributed by atoms with van der Waals surface area (Å²) in [7, 11) is 0. The molecule has 206 valence electrons. The zero-order valence-corrected chi connectivity index (χ0v) is 23.8. The molecule has 9 rings (SSSR count). The average molecular weight is 563 g/mol. The third kappa shape index (κ3) is 3.87. The smallest absolute Gasteiger partial charge is 0.145 e. The molecular formula is C41H26N2O. The molecule has 0 aliphatic rings. The van der Waals surface area contributed by atoms with Crippen LogP contribution in [0.2, 0.25) is 0 Å². The van der Waals surface area contributed by atoms with Gasteiger partial charge in [-0.05, 0) is 69.9 Å². The summed E-state index contributed by atoms with van der Waals surface area (Å²) >= 11 is 0. The standard InChI is InChI=1S/C41H26N2O/c1-2-11-28(12-3-1)41-42-36-18-7-8-19-37(36)43(41)32-23-21-27(22-24-32)29-14-10-15-31(25-29)39-33-16-5-4-13-30(33)26-35-34-17-6-9-20-38(34)44-40(35)39/h1-26H. The first-order valence-electron chi connectivity index (χ1n) is 14.9. The van der Waals surface area contributed by atoms with E-state index in [0.717, 1.165) is 72.3 Å². The van der Waals surface area contributed by atoms with Gasteiger partial charge in [0.2, 0.25) is 0 Å². The van der Waals surface area contributed by atoms with Gasteiger partial charge < -0.3 is 4.42 Å². The van der Waals surface area contributed by atoms with E-state index < -0.39 is 0 Å². The Hall–Kier alpha value is -5.93. The number of rotatable bonds is 4. The number of benzene rings is 7. The van der Waals surface area contributed by atoms with E-state index in [1.54, 1.807) is 0 Å². The van der Waals surface area contributed by atoms with E-state index in [9.17, 15) is 0 Å². The van der Waals surface area contributed by atoms with Crippen LogP contribution in [0.4, 0.5) is 0 Å². The molecule has 0 N–H and O–H groups in total. The molecule has 0 unspecified atom stereocenters. The normalized spacial score (nSPS) is 11.6. The molecule has 0 spiro atoms. The average Bonchev–Trinajstić information content (AvgIpc) is 3.66. The first-order valence-corrected chi connectivity index (χ1v) is 14.9. The van der Waals surface area contributed by atoms with Crippen molar-refractivity contribution in [1.82, 2.24) is 9.55 Å². The van der Waals surface area contributed by atoms with Crippen LogP contribution in [0.1, 0.15) is 0 Å². The minimum absolute atomic E-state index is 0.910. The number of para-hydroxylation sites is 3. The van der Waals surface area contributed by atoms with Gasteiger partial charge in [-0.1, -0.05) is 115 Å². The molecule has 0 saturated carbocycles. The highest BCUT2D eigenvalue weighted by molar-refractivity contribution is 6.18. The number of aromatic nitrogens is 2. The highest BCUT2D eigenvalue weighted by Crippen LogP contribution is 2.42. The van der Waals surface area contributed by atoms with Gasteiger partial charge in [-0.3, -0.25) is 4.57 Å². The maximum atomic E-state index is 6.52. The number of furan rings is 1. The Morgan fingerprint density at radius 3 is 2.07 bits per heavy atom. The second-order valence-corrected chi connectivity index (χ2v) is 11.2. The number of hydrogen-bond acceptors (Lipinski definition) is 2. The zero-order chi connectivity index (χ0) is 29.0. The number of imidazole rings is 1. The molecule has 2 heterocycles. The molecule has 3 heteroatoms. The van der Waals surface area contributed by atoms with E-state index in [4.69, 9.17) is 9.40 Å². The zero-order valence-electron chi connectivity index (χ0n) is 23.8. The van der Waals surface area contributed by atoms with Crippen molar-refractivity contribution in [3.63, 3.8) is 0 Å². The van der Waals surface area contributed by atoms with Gasteiger partial charge in [0.25, 0.3) is 0 Å². The van der Waals surface area contributed by atoms with Gasteiger partial charge in [0.05, 0.1) is 11.0 Å². The Labute approximate surface area is 254 Å². The van der Waals surface area contributed by atoms with Gasteiger partial charge in [-0.25, -0.2) is 4.98 Å². The van der Waals surface area contributed by atoms with Crippen molar-refractivity contribution in [3.8, 4) is 39.3 Å². The molecule has 0 aliphatic heterocycles. The lowest BCUT2D eigenvalue weighted by Gasteiger charge is -2.12. The fourth-order valence-electron chi connectivity index (χ4n) is 6.53. The summed E-state index contributed by atoms with van der Waals surface area (Å²) < 4.78 is 8.77. The van der Waals surface area contributed by atoms with Crippen LogP contribution < -0.4 is 0 Å². The topological polar surface area (TPSA) is 31.0 Å². The van der Waals surface area contributed by atoms with Gasteiger partial charge in [0, 0.05) is 27.6 Å². The van der Waals surface area contributed by atoms with Crippen LogP contribution in [0.15, 0.2) is 162 Å². The van der Waals surface area contributed by atoms with Crippen LogP contribution in [0.3, 0.4) is 0 Å². The predicted octanol–water partition coefficient (Wildman–Crippen LogP) is 11.1. The maximum absolute atomic E-state index is 6.52. The monoisotopic (exact) mass is 562 g/mol. The summed E-state index contributed by atoms with van der Waals surface area (Å²) in [5.41, 5.74) is 10.7. The van der Waals surface area contributed by atoms with Crippen LogP contribution >= 0.6 is 0 Å². The van der Waals surface area contributed by atoms with E-state index in [2.05, 4.69) is 144 Å². The van der Waals surface area contributed by atoms with Gasteiger partial charge in [-0.2, -0.15) is 0 Å². The lowest BCUT2D eigenvalue weighted by molar-refractivity contribution is 0.670. The number of fused-ring (bicyclic) bond motifs is 5. The lowest BCUT2D eigenvalue weighted by Crippen LogP contribution is -1.97. The molecule has 0 amide bonds. The molecule has 0 radical (unpaired) electrons. The maximum Gasteiger partial charge on any atom is 0.145 e. The Bertz CT molecular complexity index is 2480. The minimum Gasteiger partial charge on any atom is -0.455 e. The van der Waals surface area contributed by atoms with Crippen molar-refractivity contribution in [2.45, 2.75) is 0 Å². The quantitative estimate of drug-likeness (QED) is 0.214. The minimum atomic E-state index is 0.910. The van der Waals surface area contributed by atoms with Crippen LogP contribution in [-0.2, 0) is 0 Å². The Balaban J connectivity index is 1.18. The van der Waals surface area contributed by atoms with Crippen LogP contribution in [0, 0.1) is 0 Å². The molecule has 0 bridgehead atoms. The molecule has 44 heavy (non-hydrogen) atoms. The molecule has 9 aromatic rings. The van der Waals surface area contributed by atoms with E-state index in [0.29, 0.717) is 0 Å². The highest BCUT2D eigenvalue weighted by atomic mass is 16.3. The summed E-state index contributed by atoms with van der Waals surface area (Å²) in [6, 6.07) is 55.4. The Morgan fingerprint density at radius 2 is 1.18 bits per heavy atom. The van der Waals surface area contributed by atoms with Crippen molar-refractivity contribution >= 4 is 43.7 Å². The van der Waals surface area contributed by atoms with Crippen molar-refractivity contribution in [3.05, 3.63) is 158 Å². The van der Waals surface area contributed by atoms with Gasteiger partial charge >= 0.3 is 0 Å². The van der Waals surface area contributed by atoms with Crippen molar-refractivity contribution in [2.75, 3.05) is 0 Å². The molecule has 0 aliphatic carbocycles. The summed E-state index contributed by atoms with van der Waals surface area (Å²) in [6.07, 6.45) is 0. The highest BCUT2D eigenvalue weighted by Gasteiger charge is 2.17. The SMILES string of the molecule is c1ccc(-c2nc3ccccc3n2-c2ccc(-c3cccc(-c4c5ccccc5cc5c4oc4ccccc45)c3)cc2)cc1. The molecule has 0 fully saturated rings. The molecule has 0 saturated heterocycles. The van der Waals surface area contributed by atoms with E-state index in [1.807, 2.05) is 18.2 Å². The van der Waals surface area contributed by atoms with E-state index in [-0.39, 0.29) is 0 Å². The fraction of sp³-hybridized carbons (Fsp3) is 0. The van der Waals surface area contributed by atoms with Gasteiger partial charge in [-0.15, -0.1) is 0 Å². The van der Waals surface area contributed by atoms with Crippen LogP contribution in [0.5, 0.6) is 0 Å². The molecule has 2 aromatic heterocycles. The van der Waals surface area contributed by atoms with Crippen molar-refractivity contribution in [1.29, 1.82) is 0 Å². The predicted molar refractivity (Wildman–Crippen MR) is 182 cm³/mol. The Kier molecular flexibility index (Phi) is 5.50. The summed E-state index contributed by atoms with van der Waals surface area (Å²) in [6.45, 7) is 0. The second kappa shape index (κ2) is 9.82. The first kappa shape index (κ1) is 24.6. The second-order valence-electron chi connectivity index (χ2n) is 11.2. The lowest BCUT2D eigenvalue weighted by atomic mass is 9.93. The van der Waals surface area contributed by atoms with Crippen LogP contribution in [0.25, 0.3) is 83.1 Å². The molecule has 7 aromatic carbocycles. The largest absolute Gasteiger partial charge is 0.455 e. The molecule has 3 nitrogen and oxygen atoms in total. The van der Waals surface area contributed by atoms with Gasteiger partial charge in [0.1, 0.15) is 17.0 Å². The van der Waals surface area contributed by atoms with Crippen molar-refractivity contribution < 1.29 is 4.42 Å². The summed E-state index contributed by atoms with van der Waals surface area (Å²) in [5.74, 6) is 0.937. The third-order valence-electron chi connectivity index (χ3n) is 8.59. The third-order valence-corrected chi connectivity index (χ3v) is 8.59. The molecule has 0 atom stereocenters. The number of hydrogen-bond donors (Lipinski definition) is 0. The van der Waals surface area contributed by atoms with E-state index >= 15 is 0 Å². The fourth-order valence-corrected chi connectivity index (χ4v) is 6.53.